The Labute approximate surface area is 174 Å². The highest BCUT2D eigenvalue weighted by atomic mass is 32.2. The predicted octanol–water partition coefficient (Wildman–Crippen LogP) is 1.83. The molecule has 0 aliphatic carbocycles. The van der Waals surface area contributed by atoms with Crippen molar-refractivity contribution in [2.45, 2.75) is 44.8 Å². The molecule has 1 aliphatic rings. The van der Waals surface area contributed by atoms with Crippen LogP contribution in [0.3, 0.4) is 0 Å². The molecule has 1 amide bonds. The van der Waals surface area contributed by atoms with Crippen LogP contribution in [0.1, 0.15) is 27.7 Å². The number of nitrogens with zero attached hydrogens (tertiary/aromatic N) is 3. The number of benzene rings is 1. The van der Waals surface area contributed by atoms with Gasteiger partial charge in [-0.15, -0.1) is 0 Å². The van der Waals surface area contributed by atoms with Gasteiger partial charge in [0.05, 0.1) is 35.0 Å². The topological polar surface area (TPSA) is 82.2 Å². The first-order valence-electron chi connectivity index (χ1n) is 10.1. The van der Waals surface area contributed by atoms with Gasteiger partial charge in [0.2, 0.25) is 15.9 Å². The number of anilines is 2. The molecule has 1 saturated heterocycles. The maximum absolute atomic E-state index is 12.9. The van der Waals surface area contributed by atoms with E-state index in [1.807, 2.05) is 46.7 Å². The van der Waals surface area contributed by atoms with E-state index in [0.29, 0.717) is 31.9 Å². The van der Waals surface area contributed by atoms with Crippen molar-refractivity contribution in [2.75, 3.05) is 57.0 Å². The molecule has 0 spiro atoms. The summed E-state index contributed by atoms with van der Waals surface area (Å²) in [5, 5.41) is 2.91. The minimum Gasteiger partial charge on any atom is -0.376 e. The van der Waals surface area contributed by atoms with Crippen LogP contribution < -0.4 is 10.2 Å². The molecule has 1 aromatic rings. The van der Waals surface area contributed by atoms with Gasteiger partial charge in [0, 0.05) is 40.3 Å². The minimum absolute atomic E-state index is 0.0754. The Morgan fingerprint density at radius 2 is 1.76 bits per heavy atom. The Bertz CT molecular complexity index is 799. The van der Waals surface area contributed by atoms with E-state index in [1.165, 1.54) is 4.31 Å². The van der Waals surface area contributed by atoms with Crippen molar-refractivity contribution in [3.63, 3.8) is 0 Å². The predicted molar refractivity (Wildman–Crippen MR) is 116 cm³/mol. The summed E-state index contributed by atoms with van der Waals surface area (Å²) < 4.78 is 32.9. The summed E-state index contributed by atoms with van der Waals surface area (Å²) >= 11 is 0. The first kappa shape index (κ1) is 23.6. The van der Waals surface area contributed by atoms with Crippen LogP contribution in [0.5, 0.6) is 0 Å². The van der Waals surface area contributed by atoms with Gasteiger partial charge in [-0.3, -0.25) is 9.69 Å². The smallest absolute Gasteiger partial charge is 0.243 e. The fourth-order valence-corrected chi connectivity index (χ4v) is 5.17. The van der Waals surface area contributed by atoms with Crippen molar-refractivity contribution >= 4 is 27.3 Å². The lowest BCUT2D eigenvalue weighted by atomic mass is 10.2. The molecule has 9 heteroatoms. The third-order valence-corrected chi connectivity index (χ3v) is 6.98. The molecule has 0 aromatic heterocycles. The van der Waals surface area contributed by atoms with Gasteiger partial charge >= 0.3 is 0 Å². The van der Waals surface area contributed by atoms with Gasteiger partial charge in [0.15, 0.2) is 0 Å². The van der Waals surface area contributed by atoms with E-state index in [-0.39, 0.29) is 29.6 Å². The molecule has 2 atom stereocenters. The zero-order valence-corrected chi connectivity index (χ0v) is 19.1. The molecule has 0 saturated carbocycles. The summed E-state index contributed by atoms with van der Waals surface area (Å²) in [5.74, 6) is -0.174. The first-order valence-corrected chi connectivity index (χ1v) is 11.5. The SMILES string of the molecule is CCN(CC)S(=O)(=O)c1ccc(N(C)C)c(NC(=O)CN2C[C@H](C)O[C@@H](C)C2)c1. The number of hydrogen-bond acceptors (Lipinski definition) is 6. The molecule has 1 heterocycles. The number of nitrogens with one attached hydrogen (secondary N) is 1. The standard InChI is InChI=1S/C20H34N4O4S/c1-7-24(8-2)29(26,27)17-9-10-19(22(5)6)18(11-17)21-20(25)14-23-12-15(3)28-16(4)13-23/h9-11,15-16H,7-8,12-14H2,1-6H3,(H,21,25)/t15-,16-/m0/s1. The zero-order chi connectivity index (χ0) is 21.8. The summed E-state index contributed by atoms with van der Waals surface area (Å²) in [7, 11) is 0.105. The fourth-order valence-electron chi connectivity index (χ4n) is 3.68. The van der Waals surface area contributed by atoms with E-state index in [9.17, 15) is 13.2 Å². The van der Waals surface area contributed by atoms with E-state index in [0.717, 1.165) is 5.69 Å². The number of sulfonamides is 1. The van der Waals surface area contributed by atoms with Gasteiger partial charge in [-0.1, -0.05) is 13.8 Å². The van der Waals surface area contributed by atoms with Crippen molar-refractivity contribution in [3.8, 4) is 0 Å². The van der Waals surface area contributed by atoms with Gasteiger partial charge in [-0.05, 0) is 32.0 Å². The molecular formula is C20H34N4O4S. The Balaban J connectivity index is 2.24. The van der Waals surface area contributed by atoms with E-state index in [1.54, 1.807) is 18.2 Å². The second-order valence-corrected chi connectivity index (χ2v) is 9.60. The lowest BCUT2D eigenvalue weighted by Gasteiger charge is -2.34. The number of rotatable bonds is 8. The number of morpholine rings is 1. The van der Waals surface area contributed by atoms with Gasteiger partial charge in [0.1, 0.15) is 0 Å². The molecule has 1 N–H and O–H groups in total. The highest BCUT2D eigenvalue weighted by Gasteiger charge is 2.26. The molecule has 0 unspecified atom stereocenters. The monoisotopic (exact) mass is 426 g/mol. The van der Waals surface area contributed by atoms with Crippen molar-refractivity contribution in [3.05, 3.63) is 18.2 Å². The van der Waals surface area contributed by atoms with Gasteiger partial charge < -0.3 is 15.0 Å². The molecular weight excluding hydrogens is 392 g/mol. The van der Waals surface area contributed by atoms with Crippen LogP contribution in [0, 0.1) is 0 Å². The number of hydrogen-bond donors (Lipinski definition) is 1. The average Bonchev–Trinajstić information content (AvgIpc) is 2.61. The number of ether oxygens (including phenoxy) is 1. The van der Waals surface area contributed by atoms with Crippen molar-refractivity contribution < 1.29 is 17.9 Å². The van der Waals surface area contributed by atoms with Crippen molar-refractivity contribution in [1.82, 2.24) is 9.21 Å². The van der Waals surface area contributed by atoms with E-state index in [4.69, 9.17) is 4.74 Å². The zero-order valence-electron chi connectivity index (χ0n) is 18.3. The van der Waals surface area contributed by atoms with Crippen LogP contribution in [0.2, 0.25) is 0 Å². The van der Waals surface area contributed by atoms with Crippen LogP contribution in [0.15, 0.2) is 23.1 Å². The summed E-state index contributed by atoms with van der Waals surface area (Å²) in [6, 6.07) is 4.86. The van der Waals surface area contributed by atoms with E-state index >= 15 is 0 Å². The Hall–Kier alpha value is -1.68. The molecule has 164 valence electrons. The number of carbonyl (C=O) groups excluding carboxylic acids is 1. The van der Waals surface area contributed by atoms with Crippen LogP contribution in [-0.4, -0.2) is 82.6 Å². The van der Waals surface area contributed by atoms with Crippen molar-refractivity contribution in [2.24, 2.45) is 0 Å². The largest absolute Gasteiger partial charge is 0.376 e. The molecule has 1 aromatic carbocycles. The van der Waals surface area contributed by atoms with Gasteiger partial charge in [-0.2, -0.15) is 4.31 Å². The lowest BCUT2D eigenvalue weighted by molar-refractivity contribution is -0.121. The van der Waals surface area contributed by atoms with Crippen LogP contribution in [0.4, 0.5) is 11.4 Å². The lowest BCUT2D eigenvalue weighted by Crippen LogP contribution is -2.48. The molecule has 8 nitrogen and oxygen atoms in total. The van der Waals surface area contributed by atoms with Gasteiger partial charge in [0.25, 0.3) is 0 Å². The highest BCUT2D eigenvalue weighted by Crippen LogP contribution is 2.29. The molecule has 1 aliphatic heterocycles. The molecule has 29 heavy (non-hydrogen) atoms. The highest BCUT2D eigenvalue weighted by molar-refractivity contribution is 7.89. The third-order valence-electron chi connectivity index (χ3n) is 4.93. The third kappa shape index (κ3) is 5.91. The summed E-state index contributed by atoms with van der Waals surface area (Å²) in [6.45, 7) is 10.00. The van der Waals surface area contributed by atoms with E-state index < -0.39 is 10.0 Å². The van der Waals surface area contributed by atoms with Crippen LogP contribution in [-0.2, 0) is 19.6 Å². The fraction of sp³-hybridized carbons (Fsp3) is 0.650. The molecule has 1 fully saturated rings. The molecule has 2 rings (SSSR count). The molecule has 0 bridgehead atoms. The number of carbonyl (C=O) groups is 1. The second-order valence-electron chi connectivity index (χ2n) is 7.66. The summed E-state index contributed by atoms with van der Waals surface area (Å²) in [4.78, 5) is 16.8. The summed E-state index contributed by atoms with van der Waals surface area (Å²) in [6.07, 6.45) is 0.151. The number of amides is 1. The van der Waals surface area contributed by atoms with Crippen molar-refractivity contribution in [1.29, 1.82) is 0 Å². The quantitative estimate of drug-likeness (QED) is 0.683. The maximum Gasteiger partial charge on any atom is 0.243 e. The Kier molecular flexibility index (Phi) is 8.04. The van der Waals surface area contributed by atoms with Crippen LogP contribution in [0.25, 0.3) is 0 Å². The summed E-state index contributed by atoms with van der Waals surface area (Å²) in [5.41, 5.74) is 1.24. The first-order chi connectivity index (χ1) is 13.6. The van der Waals surface area contributed by atoms with E-state index in [2.05, 4.69) is 10.2 Å². The molecule has 0 radical (unpaired) electrons. The minimum atomic E-state index is -3.61. The Morgan fingerprint density at radius 1 is 1.17 bits per heavy atom. The van der Waals surface area contributed by atoms with Gasteiger partial charge in [-0.25, -0.2) is 8.42 Å². The second kappa shape index (κ2) is 9.88. The maximum atomic E-state index is 12.9. The normalized spacial score (nSPS) is 20.7. The average molecular weight is 427 g/mol. The van der Waals surface area contributed by atoms with Crippen LogP contribution >= 0.6 is 0 Å². The Morgan fingerprint density at radius 3 is 2.28 bits per heavy atom.